The van der Waals surface area contributed by atoms with Crippen LogP contribution in [0.2, 0.25) is 0 Å². The van der Waals surface area contributed by atoms with Crippen molar-refractivity contribution in [2.24, 2.45) is 11.7 Å². The van der Waals surface area contributed by atoms with Gasteiger partial charge in [0.1, 0.15) is 0 Å². The van der Waals surface area contributed by atoms with Crippen molar-refractivity contribution in [2.75, 3.05) is 6.54 Å². The monoisotopic (exact) mass is 202 g/mol. The van der Waals surface area contributed by atoms with E-state index in [1.54, 1.807) is 0 Å². The first-order valence-electron chi connectivity index (χ1n) is 4.71. The minimum Gasteiger partial charge on any atom is -0.481 e. The molecule has 0 aliphatic carbocycles. The van der Waals surface area contributed by atoms with Crippen LogP contribution in [0.15, 0.2) is 0 Å². The number of carbonyl (C=O) groups is 2. The van der Waals surface area contributed by atoms with Gasteiger partial charge in [0.25, 0.3) is 0 Å². The predicted molar refractivity (Wildman–Crippen MR) is 52.7 cm³/mol. The van der Waals surface area contributed by atoms with E-state index in [4.69, 9.17) is 10.8 Å². The second-order valence-corrected chi connectivity index (χ2v) is 3.47. The molecule has 0 spiro atoms. The molecule has 1 unspecified atom stereocenters. The molecule has 0 aromatic carbocycles. The Morgan fingerprint density at radius 1 is 1.50 bits per heavy atom. The van der Waals surface area contributed by atoms with Crippen LogP contribution in [0.4, 0.5) is 0 Å². The largest absolute Gasteiger partial charge is 0.481 e. The Bertz CT molecular complexity index is 206. The predicted octanol–water partition coefficient (Wildman–Crippen LogP) is -0.0493. The number of nitrogens with one attached hydrogen (secondary N) is 1. The Balaban J connectivity index is 3.79. The molecule has 82 valence electrons. The number of primary amides is 1. The highest BCUT2D eigenvalue weighted by atomic mass is 16.4. The highest BCUT2D eigenvalue weighted by Crippen LogP contribution is 2.00. The van der Waals surface area contributed by atoms with Crippen LogP contribution in [-0.4, -0.2) is 29.6 Å². The zero-order chi connectivity index (χ0) is 11.1. The smallest absolute Gasteiger partial charge is 0.303 e. The summed E-state index contributed by atoms with van der Waals surface area (Å²) >= 11 is 0. The summed E-state index contributed by atoms with van der Waals surface area (Å²) in [6, 6.07) is -0.355. The standard InChI is InChI=1S/C9H18N2O3/c1-3-7(9(10)14)11-5-6(2)4-8(12)13/h6-7,11H,3-5H2,1-2H3,(H2,10,14)(H,12,13)/t6?,7-/m0/s1. The van der Waals surface area contributed by atoms with Gasteiger partial charge >= 0.3 is 5.97 Å². The summed E-state index contributed by atoms with van der Waals surface area (Å²) < 4.78 is 0. The number of hydrogen-bond acceptors (Lipinski definition) is 3. The summed E-state index contributed by atoms with van der Waals surface area (Å²) in [6.45, 7) is 4.16. The average molecular weight is 202 g/mol. The molecule has 5 nitrogen and oxygen atoms in total. The summed E-state index contributed by atoms with van der Waals surface area (Å²) in [4.78, 5) is 21.1. The Labute approximate surface area is 83.7 Å². The fourth-order valence-electron chi connectivity index (χ4n) is 1.16. The molecule has 2 atom stereocenters. The van der Waals surface area contributed by atoms with Crippen molar-refractivity contribution in [1.29, 1.82) is 0 Å². The van der Waals surface area contributed by atoms with Crippen molar-refractivity contribution in [1.82, 2.24) is 5.32 Å². The molecule has 0 saturated heterocycles. The molecular formula is C9H18N2O3. The molecule has 4 N–H and O–H groups in total. The van der Waals surface area contributed by atoms with Gasteiger partial charge in [0.15, 0.2) is 0 Å². The van der Waals surface area contributed by atoms with Crippen molar-refractivity contribution in [3.8, 4) is 0 Å². The first kappa shape index (κ1) is 12.9. The Kier molecular flexibility index (Phi) is 5.87. The van der Waals surface area contributed by atoms with E-state index in [-0.39, 0.29) is 18.4 Å². The van der Waals surface area contributed by atoms with Crippen molar-refractivity contribution in [3.05, 3.63) is 0 Å². The Hall–Kier alpha value is -1.10. The molecule has 0 aliphatic rings. The van der Waals surface area contributed by atoms with Crippen molar-refractivity contribution >= 4 is 11.9 Å². The second kappa shape index (κ2) is 6.37. The molecule has 0 bridgehead atoms. The number of carboxylic acid groups (broad SMARTS) is 1. The molecule has 0 rings (SSSR count). The minimum atomic E-state index is -0.827. The summed E-state index contributed by atoms with van der Waals surface area (Å²) in [5, 5.41) is 11.4. The summed E-state index contributed by atoms with van der Waals surface area (Å²) in [6.07, 6.45) is 0.720. The van der Waals surface area contributed by atoms with Crippen LogP contribution in [-0.2, 0) is 9.59 Å². The van der Waals surface area contributed by atoms with E-state index < -0.39 is 11.9 Å². The summed E-state index contributed by atoms with van der Waals surface area (Å²) in [5.41, 5.74) is 5.12. The Morgan fingerprint density at radius 2 is 2.07 bits per heavy atom. The van der Waals surface area contributed by atoms with Crippen molar-refractivity contribution in [3.63, 3.8) is 0 Å². The van der Waals surface area contributed by atoms with E-state index >= 15 is 0 Å². The van der Waals surface area contributed by atoms with Crippen LogP contribution in [0, 0.1) is 5.92 Å². The van der Waals surface area contributed by atoms with E-state index in [9.17, 15) is 9.59 Å². The van der Waals surface area contributed by atoms with E-state index in [2.05, 4.69) is 5.32 Å². The SMILES string of the molecule is CC[C@H](NCC(C)CC(=O)O)C(N)=O. The van der Waals surface area contributed by atoms with Crippen molar-refractivity contribution in [2.45, 2.75) is 32.7 Å². The number of amides is 1. The summed E-state index contributed by atoms with van der Waals surface area (Å²) in [5.74, 6) is -1.22. The molecule has 0 heterocycles. The lowest BCUT2D eigenvalue weighted by molar-refractivity contribution is -0.137. The van der Waals surface area contributed by atoms with E-state index in [1.807, 2.05) is 13.8 Å². The highest BCUT2D eigenvalue weighted by molar-refractivity contribution is 5.79. The van der Waals surface area contributed by atoms with Crippen LogP contribution in [0.1, 0.15) is 26.7 Å². The maximum Gasteiger partial charge on any atom is 0.303 e. The van der Waals surface area contributed by atoms with Gasteiger partial charge < -0.3 is 16.2 Å². The highest BCUT2D eigenvalue weighted by Gasteiger charge is 2.14. The fourth-order valence-corrected chi connectivity index (χ4v) is 1.16. The quantitative estimate of drug-likeness (QED) is 0.539. The topological polar surface area (TPSA) is 92.4 Å². The van der Waals surface area contributed by atoms with Crippen LogP contribution < -0.4 is 11.1 Å². The van der Waals surface area contributed by atoms with E-state index in [0.717, 1.165) is 0 Å². The molecule has 1 amide bonds. The molecular weight excluding hydrogens is 184 g/mol. The maximum absolute atomic E-state index is 10.8. The van der Waals surface area contributed by atoms with E-state index in [0.29, 0.717) is 13.0 Å². The Morgan fingerprint density at radius 3 is 2.43 bits per heavy atom. The van der Waals surface area contributed by atoms with Gasteiger partial charge in [-0.05, 0) is 18.9 Å². The molecule has 0 aromatic heterocycles. The lowest BCUT2D eigenvalue weighted by Gasteiger charge is -2.16. The van der Waals surface area contributed by atoms with Gasteiger partial charge in [0.05, 0.1) is 6.04 Å². The molecule has 5 heteroatoms. The van der Waals surface area contributed by atoms with Gasteiger partial charge in [-0.2, -0.15) is 0 Å². The second-order valence-electron chi connectivity index (χ2n) is 3.47. The lowest BCUT2D eigenvalue weighted by atomic mass is 10.1. The lowest BCUT2D eigenvalue weighted by Crippen LogP contribution is -2.42. The summed E-state index contributed by atoms with van der Waals surface area (Å²) in [7, 11) is 0. The number of rotatable bonds is 7. The van der Waals surface area contributed by atoms with Crippen LogP contribution in [0.3, 0.4) is 0 Å². The molecule has 0 saturated carbocycles. The van der Waals surface area contributed by atoms with E-state index in [1.165, 1.54) is 0 Å². The fraction of sp³-hybridized carbons (Fsp3) is 0.778. The van der Waals surface area contributed by atoms with Gasteiger partial charge in [-0.15, -0.1) is 0 Å². The van der Waals surface area contributed by atoms with Gasteiger partial charge in [0.2, 0.25) is 5.91 Å². The number of hydrogen-bond donors (Lipinski definition) is 3. The maximum atomic E-state index is 10.8. The third-order valence-electron chi connectivity index (χ3n) is 1.99. The normalized spacial score (nSPS) is 14.7. The van der Waals surface area contributed by atoms with Crippen LogP contribution in [0.25, 0.3) is 0 Å². The molecule has 0 aliphatic heterocycles. The number of carbonyl (C=O) groups excluding carboxylic acids is 1. The molecule has 0 fully saturated rings. The molecule has 0 aromatic rings. The zero-order valence-electron chi connectivity index (χ0n) is 8.62. The van der Waals surface area contributed by atoms with Gasteiger partial charge in [-0.25, -0.2) is 0 Å². The number of carboxylic acids is 1. The third kappa shape index (κ3) is 5.53. The molecule has 0 radical (unpaired) electrons. The third-order valence-corrected chi connectivity index (χ3v) is 1.99. The first-order valence-corrected chi connectivity index (χ1v) is 4.71. The first-order chi connectivity index (χ1) is 6.47. The van der Waals surface area contributed by atoms with Crippen LogP contribution >= 0.6 is 0 Å². The van der Waals surface area contributed by atoms with Gasteiger partial charge in [-0.3, -0.25) is 9.59 Å². The van der Waals surface area contributed by atoms with Crippen LogP contribution in [0.5, 0.6) is 0 Å². The molecule has 14 heavy (non-hydrogen) atoms. The number of nitrogens with two attached hydrogens (primary N) is 1. The van der Waals surface area contributed by atoms with Gasteiger partial charge in [-0.1, -0.05) is 13.8 Å². The minimum absolute atomic E-state index is 0.000833. The van der Waals surface area contributed by atoms with Gasteiger partial charge in [0, 0.05) is 6.42 Å². The average Bonchev–Trinajstić information content (AvgIpc) is 2.03. The zero-order valence-corrected chi connectivity index (χ0v) is 8.62. The van der Waals surface area contributed by atoms with Crippen molar-refractivity contribution < 1.29 is 14.7 Å². The number of aliphatic carboxylic acids is 1.